The van der Waals surface area contributed by atoms with E-state index in [0.717, 1.165) is 6.42 Å². The predicted octanol–water partition coefficient (Wildman–Crippen LogP) is -0.299. The Morgan fingerprint density at radius 3 is 2.25 bits per heavy atom. The Morgan fingerprint density at radius 2 is 1.65 bits per heavy atom. The number of carbonyl (C=O) groups is 2. The zero-order valence-electron chi connectivity index (χ0n) is 12.6. The number of nitrogens with zero attached hydrogens (tertiary/aromatic N) is 2. The summed E-state index contributed by atoms with van der Waals surface area (Å²) in [6, 6.07) is 0. The number of hydrogen-bond acceptors (Lipinski definition) is 7. The maximum absolute atomic E-state index is 11.5. The van der Waals surface area contributed by atoms with Gasteiger partial charge in [0.15, 0.2) is 0 Å². The highest BCUT2D eigenvalue weighted by Gasteiger charge is 2.29. The van der Waals surface area contributed by atoms with Crippen LogP contribution < -0.4 is 0 Å². The van der Waals surface area contributed by atoms with Gasteiger partial charge in [-0.3, -0.25) is 19.4 Å². The van der Waals surface area contributed by atoms with Gasteiger partial charge in [-0.1, -0.05) is 0 Å². The van der Waals surface area contributed by atoms with Crippen LogP contribution in [0.1, 0.15) is 12.8 Å². The van der Waals surface area contributed by atoms with Crippen LogP contribution in [-0.4, -0.2) is 82.0 Å². The van der Waals surface area contributed by atoms with Crippen LogP contribution in [0.4, 0.5) is 0 Å². The lowest BCUT2D eigenvalue weighted by atomic mass is 10.2. The molecular formula is C13H24N2O5. The molecule has 20 heavy (non-hydrogen) atoms. The second-order valence-electron chi connectivity index (χ2n) is 5.41. The number of hydrogen-bond donors (Lipinski definition) is 0. The van der Waals surface area contributed by atoms with Crippen molar-refractivity contribution in [1.82, 2.24) is 9.80 Å². The van der Waals surface area contributed by atoms with Gasteiger partial charge in [0.25, 0.3) is 0 Å². The Hall–Kier alpha value is -1.18. The van der Waals surface area contributed by atoms with E-state index < -0.39 is 6.29 Å². The first kappa shape index (κ1) is 16.9. The minimum atomic E-state index is -0.528. The fourth-order valence-electron chi connectivity index (χ4n) is 1.81. The van der Waals surface area contributed by atoms with Crippen molar-refractivity contribution in [3.63, 3.8) is 0 Å². The topological polar surface area (TPSA) is 68.3 Å². The SMILES string of the molecule is CN(C)CC(=O)OC[C@@H]1CC[C@H](OC(=O)CN(C)C)O1. The molecule has 0 N–H and O–H groups in total. The molecule has 0 aliphatic carbocycles. The lowest BCUT2D eigenvalue weighted by molar-refractivity contribution is -0.180. The van der Waals surface area contributed by atoms with E-state index in [-0.39, 0.29) is 37.7 Å². The van der Waals surface area contributed by atoms with E-state index in [1.807, 2.05) is 0 Å². The lowest BCUT2D eigenvalue weighted by Gasteiger charge is -2.16. The summed E-state index contributed by atoms with van der Waals surface area (Å²) in [5.41, 5.74) is 0. The van der Waals surface area contributed by atoms with E-state index in [1.165, 1.54) is 0 Å². The van der Waals surface area contributed by atoms with E-state index in [4.69, 9.17) is 14.2 Å². The third kappa shape index (κ3) is 6.83. The molecule has 0 aromatic carbocycles. The van der Waals surface area contributed by atoms with Gasteiger partial charge in [-0.2, -0.15) is 0 Å². The number of carbonyl (C=O) groups excluding carboxylic acids is 2. The van der Waals surface area contributed by atoms with E-state index in [1.54, 1.807) is 38.0 Å². The molecule has 1 aliphatic heterocycles. The van der Waals surface area contributed by atoms with E-state index in [9.17, 15) is 9.59 Å². The molecule has 0 spiro atoms. The zero-order chi connectivity index (χ0) is 15.1. The first-order valence-corrected chi connectivity index (χ1v) is 6.67. The van der Waals surface area contributed by atoms with Gasteiger partial charge in [0.2, 0.25) is 6.29 Å². The first-order valence-electron chi connectivity index (χ1n) is 6.67. The minimum absolute atomic E-state index is 0.196. The molecule has 0 aromatic heterocycles. The molecule has 1 aliphatic rings. The van der Waals surface area contributed by atoms with E-state index >= 15 is 0 Å². The summed E-state index contributed by atoms with van der Waals surface area (Å²) >= 11 is 0. The molecule has 0 bridgehead atoms. The van der Waals surface area contributed by atoms with Gasteiger partial charge >= 0.3 is 11.9 Å². The smallest absolute Gasteiger partial charge is 0.322 e. The molecule has 0 unspecified atom stereocenters. The standard InChI is InChI=1S/C13H24N2O5/c1-14(2)7-11(16)18-9-10-5-6-13(19-10)20-12(17)8-15(3)4/h10,13H,5-9H2,1-4H3/t10-,13-/m0/s1. The molecule has 116 valence electrons. The van der Waals surface area contributed by atoms with Gasteiger partial charge in [-0.15, -0.1) is 0 Å². The van der Waals surface area contributed by atoms with Crippen LogP contribution in [-0.2, 0) is 23.8 Å². The van der Waals surface area contributed by atoms with Crippen LogP contribution >= 0.6 is 0 Å². The van der Waals surface area contributed by atoms with Gasteiger partial charge in [0.05, 0.1) is 19.2 Å². The van der Waals surface area contributed by atoms with Crippen LogP contribution in [0, 0.1) is 0 Å². The van der Waals surface area contributed by atoms with E-state index in [0.29, 0.717) is 6.42 Å². The van der Waals surface area contributed by atoms with Crippen LogP contribution in [0.15, 0.2) is 0 Å². The van der Waals surface area contributed by atoms with Gasteiger partial charge in [-0.05, 0) is 34.6 Å². The average molecular weight is 288 g/mol. The third-order valence-electron chi connectivity index (χ3n) is 2.65. The van der Waals surface area contributed by atoms with Crippen molar-refractivity contribution >= 4 is 11.9 Å². The zero-order valence-corrected chi connectivity index (χ0v) is 12.6. The highest BCUT2D eigenvalue weighted by atomic mass is 16.7. The molecule has 0 saturated carbocycles. The number of rotatable bonds is 7. The molecule has 0 aromatic rings. The monoisotopic (exact) mass is 288 g/mol. The first-order chi connectivity index (χ1) is 9.36. The van der Waals surface area contributed by atoms with Crippen molar-refractivity contribution in [3.05, 3.63) is 0 Å². The molecule has 7 heteroatoms. The van der Waals surface area contributed by atoms with Crippen molar-refractivity contribution in [2.24, 2.45) is 0 Å². The summed E-state index contributed by atoms with van der Waals surface area (Å²) in [4.78, 5) is 26.3. The molecule has 2 atom stereocenters. The Bertz CT molecular complexity index is 333. The molecule has 1 fully saturated rings. The van der Waals surface area contributed by atoms with Gasteiger partial charge in [0, 0.05) is 6.42 Å². The highest BCUT2D eigenvalue weighted by Crippen LogP contribution is 2.21. The second-order valence-corrected chi connectivity index (χ2v) is 5.41. The van der Waals surface area contributed by atoms with Crippen molar-refractivity contribution in [2.45, 2.75) is 25.2 Å². The van der Waals surface area contributed by atoms with Crippen molar-refractivity contribution in [2.75, 3.05) is 47.9 Å². The van der Waals surface area contributed by atoms with Gasteiger partial charge < -0.3 is 14.2 Å². The summed E-state index contributed by atoms with van der Waals surface area (Å²) in [7, 11) is 7.19. The van der Waals surface area contributed by atoms with Gasteiger partial charge in [0.1, 0.15) is 6.61 Å². The van der Waals surface area contributed by atoms with Crippen LogP contribution in [0.2, 0.25) is 0 Å². The molecular weight excluding hydrogens is 264 g/mol. The quantitative estimate of drug-likeness (QED) is 0.596. The fourth-order valence-corrected chi connectivity index (χ4v) is 1.81. The van der Waals surface area contributed by atoms with E-state index in [2.05, 4.69) is 0 Å². The molecule has 1 heterocycles. The second kappa shape index (κ2) is 8.18. The Balaban J connectivity index is 2.20. The predicted molar refractivity (Wildman–Crippen MR) is 72.1 cm³/mol. The summed E-state index contributed by atoms with van der Waals surface area (Å²) in [6.45, 7) is 0.671. The molecule has 0 amide bonds. The molecule has 7 nitrogen and oxygen atoms in total. The number of ether oxygens (including phenoxy) is 3. The fraction of sp³-hybridized carbons (Fsp3) is 0.846. The third-order valence-corrected chi connectivity index (χ3v) is 2.65. The normalized spacial score (nSPS) is 22.3. The van der Waals surface area contributed by atoms with Crippen LogP contribution in [0.5, 0.6) is 0 Å². The summed E-state index contributed by atoms with van der Waals surface area (Å²) in [6.07, 6.45) is 0.628. The minimum Gasteiger partial charge on any atom is -0.462 e. The lowest BCUT2D eigenvalue weighted by Crippen LogP contribution is -2.29. The van der Waals surface area contributed by atoms with Crippen molar-refractivity contribution in [3.8, 4) is 0 Å². The molecule has 1 saturated heterocycles. The number of esters is 2. The van der Waals surface area contributed by atoms with Crippen LogP contribution in [0.3, 0.4) is 0 Å². The maximum Gasteiger partial charge on any atom is 0.322 e. The molecule has 0 radical (unpaired) electrons. The Labute approximate surface area is 119 Å². The average Bonchev–Trinajstić information content (AvgIpc) is 2.72. The highest BCUT2D eigenvalue weighted by molar-refractivity contribution is 5.72. The summed E-state index contributed by atoms with van der Waals surface area (Å²) < 4.78 is 15.8. The molecule has 1 rings (SSSR count). The summed E-state index contributed by atoms with van der Waals surface area (Å²) in [5, 5.41) is 0. The van der Waals surface area contributed by atoms with Crippen molar-refractivity contribution < 1.29 is 23.8 Å². The van der Waals surface area contributed by atoms with Gasteiger partial charge in [-0.25, -0.2) is 0 Å². The summed E-state index contributed by atoms with van der Waals surface area (Å²) in [5.74, 6) is -0.600. The number of likely N-dealkylation sites (N-methyl/N-ethyl adjacent to an activating group) is 2. The van der Waals surface area contributed by atoms with Crippen LogP contribution in [0.25, 0.3) is 0 Å². The largest absolute Gasteiger partial charge is 0.462 e. The Kier molecular flexibility index (Phi) is 6.90. The Morgan fingerprint density at radius 1 is 1.05 bits per heavy atom. The maximum atomic E-state index is 11.5. The van der Waals surface area contributed by atoms with Crippen molar-refractivity contribution in [1.29, 1.82) is 0 Å².